The van der Waals surface area contributed by atoms with Crippen LogP contribution < -0.4 is 5.32 Å². The maximum absolute atomic E-state index is 13.3. The van der Waals surface area contributed by atoms with Crippen LogP contribution >= 0.6 is 0 Å². The number of halogens is 3. The number of benzene rings is 1. The van der Waals surface area contributed by atoms with E-state index >= 15 is 0 Å². The number of carboxylic acid groups (broad SMARTS) is 2. The molecule has 34 heavy (non-hydrogen) atoms. The van der Waals surface area contributed by atoms with Gasteiger partial charge in [0.15, 0.2) is 0 Å². The van der Waals surface area contributed by atoms with Crippen molar-refractivity contribution in [1.29, 1.82) is 0 Å². The molecule has 0 saturated carbocycles. The smallest absolute Gasteiger partial charge is 0.416 e. The summed E-state index contributed by atoms with van der Waals surface area (Å²) >= 11 is 0. The van der Waals surface area contributed by atoms with Gasteiger partial charge in [0, 0.05) is 31.0 Å². The van der Waals surface area contributed by atoms with Crippen LogP contribution in [0.2, 0.25) is 0 Å². The van der Waals surface area contributed by atoms with Crippen molar-refractivity contribution in [2.24, 2.45) is 0 Å². The Morgan fingerprint density at radius 3 is 2.41 bits per heavy atom. The molecule has 10 heteroatoms. The van der Waals surface area contributed by atoms with E-state index in [0.717, 1.165) is 23.6 Å². The third kappa shape index (κ3) is 8.11. The van der Waals surface area contributed by atoms with E-state index in [2.05, 4.69) is 10.3 Å². The number of aromatic nitrogens is 1. The molecule has 3 N–H and O–H groups in total. The van der Waals surface area contributed by atoms with Crippen LogP contribution in [-0.2, 0) is 32.5 Å². The number of hydrogen-bond acceptors (Lipinski definition) is 5. The van der Waals surface area contributed by atoms with E-state index < -0.39 is 23.7 Å². The summed E-state index contributed by atoms with van der Waals surface area (Å²) < 4.78 is 45.7. The van der Waals surface area contributed by atoms with Gasteiger partial charge in [-0.3, -0.25) is 4.98 Å². The minimum Gasteiger partial charge on any atom is -0.473 e. The van der Waals surface area contributed by atoms with Gasteiger partial charge in [0.05, 0.1) is 11.2 Å². The second-order valence-corrected chi connectivity index (χ2v) is 8.79. The lowest BCUT2D eigenvalue weighted by Crippen LogP contribution is -2.45. The van der Waals surface area contributed by atoms with Crippen molar-refractivity contribution in [1.82, 2.24) is 10.3 Å². The van der Waals surface area contributed by atoms with E-state index in [1.165, 1.54) is 12.1 Å². The summed E-state index contributed by atoms with van der Waals surface area (Å²) in [7, 11) is 0. The van der Waals surface area contributed by atoms with Crippen LogP contribution in [0, 0.1) is 0 Å². The van der Waals surface area contributed by atoms with Crippen molar-refractivity contribution in [3.63, 3.8) is 0 Å². The molecule has 1 aliphatic rings. The maximum atomic E-state index is 13.3. The largest absolute Gasteiger partial charge is 0.473 e. The summed E-state index contributed by atoms with van der Waals surface area (Å²) in [5.74, 6) is -3.65. The Morgan fingerprint density at radius 1 is 1.15 bits per heavy atom. The van der Waals surface area contributed by atoms with Gasteiger partial charge in [-0.05, 0) is 62.9 Å². The van der Waals surface area contributed by atoms with Crippen LogP contribution in [-0.4, -0.2) is 45.9 Å². The molecule has 7 nitrogen and oxygen atoms in total. The Hall–Kier alpha value is -2.98. The van der Waals surface area contributed by atoms with Crippen LogP contribution in [0.1, 0.15) is 49.8 Å². The van der Waals surface area contributed by atoms with Crippen LogP contribution in [0.4, 0.5) is 13.2 Å². The molecule has 1 aromatic carbocycles. The first-order valence-corrected chi connectivity index (χ1v) is 10.7. The number of ether oxygens (including phenoxy) is 1. The van der Waals surface area contributed by atoms with Gasteiger partial charge in [0.25, 0.3) is 0 Å². The molecular formula is C24H29F3N2O5. The Labute approximate surface area is 196 Å². The van der Waals surface area contributed by atoms with Crippen molar-refractivity contribution in [2.75, 3.05) is 13.2 Å². The first-order valence-electron chi connectivity index (χ1n) is 10.7. The molecule has 0 amide bonds. The van der Waals surface area contributed by atoms with Crippen molar-refractivity contribution in [3.05, 3.63) is 65.5 Å². The Kier molecular flexibility index (Phi) is 9.17. The highest BCUT2D eigenvalue weighted by Gasteiger charge is 2.42. The fraction of sp³-hybridized carbons (Fsp3) is 0.458. The molecule has 3 rings (SSSR count). The quantitative estimate of drug-likeness (QED) is 0.417. The van der Waals surface area contributed by atoms with Crippen LogP contribution in [0.3, 0.4) is 0 Å². The lowest BCUT2D eigenvalue weighted by molar-refractivity contribution is -0.159. The SMILES string of the molecule is CC1(C)CC(CCNCc2cccnc2)(c2cccc(C(F)(F)F)c2)CCO1.O=C(O)C(=O)O. The zero-order chi connectivity index (χ0) is 25.4. The highest BCUT2D eigenvalue weighted by atomic mass is 19.4. The summed E-state index contributed by atoms with van der Waals surface area (Å²) in [6.07, 6.45) is 1.36. The fourth-order valence-electron chi connectivity index (χ4n) is 4.17. The Balaban J connectivity index is 0.000000604. The highest BCUT2D eigenvalue weighted by molar-refractivity contribution is 6.27. The molecule has 1 fully saturated rings. The molecule has 1 aliphatic heterocycles. The second kappa shape index (κ2) is 11.4. The molecule has 2 heterocycles. The molecule has 1 unspecified atom stereocenters. The molecule has 0 spiro atoms. The van der Waals surface area contributed by atoms with Crippen LogP contribution in [0.5, 0.6) is 0 Å². The minimum atomic E-state index is -4.34. The average Bonchev–Trinajstić information content (AvgIpc) is 2.77. The molecule has 0 radical (unpaired) electrons. The number of nitrogens with one attached hydrogen (secondary N) is 1. The number of carboxylic acids is 2. The van der Waals surface area contributed by atoms with E-state index in [1.807, 2.05) is 38.2 Å². The number of aliphatic carboxylic acids is 2. The van der Waals surface area contributed by atoms with Crippen LogP contribution in [0.15, 0.2) is 48.8 Å². The van der Waals surface area contributed by atoms with E-state index in [9.17, 15) is 13.2 Å². The monoisotopic (exact) mass is 482 g/mol. The van der Waals surface area contributed by atoms with E-state index in [4.69, 9.17) is 24.5 Å². The maximum Gasteiger partial charge on any atom is 0.416 e. The molecule has 2 aromatic rings. The van der Waals surface area contributed by atoms with E-state index in [1.54, 1.807) is 6.20 Å². The van der Waals surface area contributed by atoms with E-state index in [0.29, 0.717) is 32.5 Å². The van der Waals surface area contributed by atoms with Gasteiger partial charge in [-0.1, -0.05) is 24.3 Å². The normalized spacial score (nSPS) is 19.6. The molecule has 1 aromatic heterocycles. The number of pyridine rings is 1. The Morgan fingerprint density at radius 2 is 1.85 bits per heavy atom. The second-order valence-electron chi connectivity index (χ2n) is 8.79. The van der Waals surface area contributed by atoms with Crippen LogP contribution in [0.25, 0.3) is 0 Å². The summed E-state index contributed by atoms with van der Waals surface area (Å²) in [5.41, 5.74) is 0.544. The average molecular weight is 482 g/mol. The molecule has 1 saturated heterocycles. The van der Waals surface area contributed by atoms with Crippen molar-refractivity contribution >= 4 is 11.9 Å². The summed E-state index contributed by atoms with van der Waals surface area (Å²) in [6, 6.07) is 9.70. The molecular weight excluding hydrogens is 453 g/mol. The zero-order valence-corrected chi connectivity index (χ0v) is 19.1. The van der Waals surface area contributed by atoms with Gasteiger partial charge >= 0.3 is 18.1 Å². The standard InChI is InChI=1S/C22H27F3N2O.C2H2O4/c1-20(2)16-21(9-12-28-20,8-11-27-15-17-5-4-10-26-14-17)18-6-3-7-19(13-18)22(23,24)25;3-1(4)2(5)6/h3-7,10,13-14,27H,8-9,11-12,15-16H2,1-2H3;(H,3,4)(H,5,6). The van der Waals surface area contributed by atoms with Gasteiger partial charge in [0.2, 0.25) is 0 Å². The van der Waals surface area contributed by atoms with Gasteiger partial charge in [-0.15, -0.1) is 0 Å². The van der Waals surface area contributed by atoms with Gasteiger partial charge in [-0.25, -0.2) is 9.59 Å². The van der Waals surface area contributed by atoms with Gasteiger partial charge < -0.3 is 20.3 Å². The highest BCUT2D eigenvalue weighted by Crippen LogP contribution is 2.45. The van der Waals surface area contributed by atoms with Gasteiger partial charge in [0.1, 0.15) is 0 Å². The summed E-state index contributed by atoms with van der Waals surface area (Å²) in [6.45, 7) is 5.97. The number of nitrogens with zero attached hydrogens (tertiary/aromatic N) is 1. The minimum absolute atomic E-state index is 0.342. The zero-order valence-electron chi connectivity index (χ0n) is 19.1. The Bertz CT molecular complexity index is 955. The first kappa shape index (κ1) is 27.3. The predicted octanol–water partition coefficient (Wildman–Crippen LogP) is 4.26. The molecule has 0 aliphatic carbocycles. The number of rotatable bonds is 6. The third-order valence-electron chi connectivity index (χ3n) is 5.65. The topological polar surface area (TPSA) is 109 Å². The fourth-order valence-corrected chi connectivity index (χ4v) is 4.17. The number of hydrogen-bond donors (Lipinski definition) is 3. The van der Waals surface area contributed by atoms with Crippen molar-refractivity contribution in [3.8, 4) is 0 Å². The van der Waals surface area contributed by atoms with Crippen molar-refractivity contribution in [2.45, 2.75) is 56.8 Å². The molecule has 186 valence electrons. The van der Waals surface area contributed by atoms with Gasteiger partial charge in [-0.2, -0.15) is 13.2 Å². The lowest BCUT2D eigenvalue weighted by Gasteiger charge is -2.45. The predicted molar refractivity (Wildman–Crippen MR) is 118 cm³/mol. The summed E-state index contributed by atoms with van der Waals surface area (Å²) in [4.78, 5) is 22.3. The molecule has 1 atom stereocenters. The first-order chi connectivity index (χ1) is 15.8. The lowest BCUT2D eigenvalue weighted by atomic mass is 9.67. The number of alkyl halides is 3. The third-order valence-corrected chi connectivity index (χ3v) is 5.65. The number of carbonyl (C=O) groups is 2. The van der Waals surface area contributed by atoms with Crippen molar-refractivity contribution < 1.29 is 37.7 Å². The molecule has 0 bridgehead atoms. The van der Waals surface area contributed by atoms with E-state index in [-0.39, 0.29) is 11.0 Å². The summed E-state index contributed by atoms with van der Waals surface area (Å²) in [5, 5.41) is 18.2.